The van der Waals surface area contributed by atoms with Crippen molar-refractivity contribution in [1.82, 2.24) is 19.6 Å². The Labute approximate surface area is 381 Å². The summed E-state index contributed by atoms with van der Waals surface area (Å²) in [6.45, 7) is 22.4. The number of benzene rings is 2. The lowest BCUT2D eigenvalue weighted by Crippen LogP contribution is -2.30. The Kier molecular flexibility index (Phi) is 23.2. The van der Waals surface area contributed by atoms with Gasteiger partial charge in [0.25, 0.3) is 0 Å². The Morgan fingerprint density at radius 3 is 1.21 bits per heavy atom. The summed E-state index contributed by atoms with van der Waals surface area (Å²) >= 11 is 0. The van der Waals surface area contributed by atoms with Gasteiger partial charge in [-0.2, -0.15) is 0 Å². The van der Waals surface area contributed by atoms with Gasteiger partial charge in [0.2, 0.25) is 0 Å². The number of hydrogen-bond acceptors (Lipinski definition) is 7. The summed E-state index contributed by atoms with van der Waals surface area (Å²) in [6.07, 6.45) is 30.6. The van der Waals surface area contributed by atoms with Crippen LogP contribution in [0.3, 0.4) is 0 Å². The average molecular weight is 857 g/mol. The van der Waals surface area contributed by atoms with Crippen LogP contribution in [-0.4, -0.2) is 118 Å². The van der Waals surface area contributed by atoms with Gasteiger partial charge in [0.1, 0.15) is 5.75 Å². The van der Waals surface area contributed by atoms with E-state index in [9.17, 15) is 0 Å². The summed E-state index contributed by atoms with van der Waals surface area (Å²) in [7, 11) is 0. The summed E-state index contributed by atoms with van der Waals surface area (Å²) in [5.74, 6) is 4.09. The standard InChI is InChI=1S/C55H92N4O3/c1-48(44-50-25-27-52(24-8-3-9-29-56-30-10-4-11-31-56)54(46-50)61-42-22-19-39-58-34-14-6-15-35-58)49(2)45-51-26-28-53(60-41-21-18-38-57-32-12-5-13-33-57)55(47-51)62-43-23-20-40-59-36-16-7-17-37-59/h25-28,46-49H,3-24,29-45H2,1-2H3/t48-,49+/m0/s1. The van der Waals surface area contributed by atoms with Crippen LogP contribution in [0.25, 0.3) is 0 Å². The fraction of sp³-hybridized carbons (Fsp3) is 0.782. The van der Waals surface area contributed by atoms with Crippen LogP contribution in [0.4, 0.5) is 0 Å². The molecule has 6 rings (SSSR count). The van der Waals surface area contributed by atoms with Crippen molar-refractivity contribution in [1.29, 1.82) is 0 Å². The van der Waals surface area contributed by atoms with Gasteiger partial charge in [-0.15, -0.1) is 0 Å². The molecule has 2 aromatic carbocycles. The number of ether oxygens (including phenoxy) is 3. The molecule has 4 aliphatic rings. The highest BCUT2D eigenvalue weighted by molar-refractivity contribution is 5.43. The second-order valence-electron chi connectivity index (χ2n) is 20.2. The number of hydrogen-bond donors (Lipinski definition) is 0. The maximum atomic E-state index is 6.67. The lowest BCUT2D eigenvalue weighted by molar-refractivity contribution is 0.209. The SMILES string of the molecule is C[C@H](Cc1ccc(OCCCCN2CCCCC2)c(OCCCCN2CCCCC2)c1)[C@@H](C)Cc1ccc(CCCCCN2CCCCC2)c(OCCCCN2CCCCC2)c1. The first-order chi connectivity index (χ1) is 30.6. The molecule has 0 saturated carbocycles. The minimum absolute atomic E-state index is 0.535. The average Bonchev–Trinajstić information content (AvgIpc) is 3.31. The van der Waals surface area contributed by atoms with E-state index in [1.807, 2.05) is 0 Å². The number of likely N-dealkylation sites (tertiary alicyclic amines) is 4. The number of rotatable bonds is 29. The maximum absolute atomic E-state index is 6.67. The molecule has 0 radical (unpaired) electrons. The van der Waals surface area contributed by atoms with Gasteiger partial charge in [0.15, 0.2) is 11.5 Å². The smallest absolute Gasteiger partial charge is 0.161 e. The molecule has 2 atom stereocenters. The molecule has 4 heterocycles. The van der Waals surface area contributed by atoms with Gasteiger partial charge >= 0.3 is 0 Å². The predicted molar refractivity (Wildman–Crippen MR) is 262 cm³/mol. The van der Waals surface area contributed by atoms with Crippen LogP contribution in [0, 0.1) is 11.8 Å². The second-order valence-corrected chi connectivity index (χ2v) is 20.2. The lowest BCUT2D eigenvalue weighted by Gasteiger charge is -2.26. The van der Waals surface area contributed by atoms with Gasteiger partial charge < -0.3 is 33.8 Å². The summed E-state index contributed by atoms with van der Waals surface area (Å²) in [6, 6.07) is 14.0. The molecule has 7 heteroatoms. The zero-order chi connectivity index (χ0) is 42.9. The fourth-order valence-corrected chi connectivity index (χ4v) is 10.5. The maximum Gasteiger partial charge on any atom is 0.161 e. The van der Waals surface area contributed by atoms with E-state index in [2.05, 4.69) is 69.8 Å². The molecule has 4 fully saturated rings. The first-order valence-electron chi connectivity index (χ1n) is 26.6. The van der Waals surface area contributed by atoms with Crippen LogP contribution in [0.1, 0.15) is 165 Å². The molecule has 62 heavy (non-hydrogen) atoms. The molecule has 4 aliphatic heterocycles. The highest BCUT2D eigenvalue weighted by atomic mass is 16.5. The van der Waals surface area contributed by atoms with E-state index < -0.39 is 0 Å². The van der Waals surface area contributed by atoms with Gasteiger partial charge in [-0.25, -0.2) is 0 Å². The van der Waals surface area contributed by atoms with Gasteiger partial charge in [0, 0.05) is 0 Å². The van der Waals surface area contributed by atoms with Crippen molar-refractivity contribution in [3.05, 3.63) is 53.1 Å². The minimum Gasteiger partial charge on any atom is -0.493 e. The van der Waals surface area contributed by atoms with Crippen molar-refractivity contribution in [2.24, 2.45) is 11.8 Å². The van der Waals surface area contributed by atoms with Crippen LogP contribution in [0.15, 0.2) is 36.4 Å². The monoisotopic (exact) mass is 857 g/mol. The van der Waals surface area contributed by atoms with Crippen molar-refractivity contribution < 1.29 is 14.2 Å². The molecule has 0 bridgehead atoms. The number of nitrogens with zero attached hydrogens (tertiary/aromatic N) is 4. The Balaban J connectivity index is 1.000. The largest absolute Gasteiger partial charge is 0.493 e. The van der Waals surface area contributed by atoms with Crippen LogP contribution in [0.2, 0.25) is 0 Å². The van der Waals surface area contributed by atoms with Gasteiger partial charge in [-0.1, -0.05) is 64.2 Å². The van der Waals surface area contributed by atoms with E-state index in [0.717, 1.165) is 75.6 Å². The molecule has 0 N–H and O–H groups in total. The zero-order valence-electron chi connectivity index (χ0n) is 40.2. The number of unbranched alkanes of at least 4 members (excludes halogenated alkanes) is 5. The highest BCUT2D eigenvalue weighted by Gasteiger charge is 2.18. The molecule has 0 aliphatic carbocycles. The highest BCUT2D eigenvalue weighted by Crippen LogP contribution is 2.32. The molecule has 0 amide bonds. The van der Waals surface area contributed by atoms with Gasteiger partial charge in [-0.3, -0.25) is 0 Å². The third-order valence-electron chi connectivity index (χ3n) is 14.8. The third kappa shape index (κ3) is 18.6. The first-order valence-corrected chi connectivity index (χ1v) is 26.6. The van der Waals surface area contributed by atoms with Crippen LogP contribution in [0.5, 0.6) is 17.2 Å². The molecular weight excluding hydrogens is 765 g/mol. The first kappa shape index (κ1) is 49.1. The summed E-state index contributed by atoms with van der Waals surface area (Å²) in [5.41, 5.74) is 4.18. The van der Waals surface area contributed by atoms with E-state index in [1.54, 1.807) is 0 Å². The minimum atomic E-state index is 0.535. The Morgan fingerprint density at radius 1 is 0.387 bits per heavy atom. The van der Waals surface area contributed by atoms with Crippen molar-refractivity contribution in [2.45, 2.75) is 168 Å². The fourth-order valence-electron chi connectivity index (χ4n) is 10.5. The molecule has 350 valence electrons. The summed E-state index contributed by atoms with van der Waals surface area (Å²) in [5, 5.41) is 0. The zero-order valence-corrected chi connectivity index (χ0v) is 40.2. The number of aryl methyl sites for hydroxylation is 1. The van der Waals surface area contributed by atoms with Gasteiger partial charge in [0.05, 0.1) is 19.8 Å². The summed E-state index contributed by atoms with van der Waals surface area (Å²) < 4.78 is 19.7. The second kappa shape index (κ2) is 29.3. The van der Waals surface area contributed by atoms with Crippen molar-refractivity contribution in [3.8, 4) is 17.2 Å². The molecule has 7 nitrogen and oxygen atoms in total. The molecule has 0 spiro atoms. The molecule has 4 saturated heterocycles. The quantitative estimate of drug-likeness (QED) is 0.0755. The molecule has 0 unspecified atom stereocenters. The molecule has 2 aromatic rings. The predicted octanol–water partition coefficient (Wildman–Crippen LogP) is 11.9. The van der Waals surface area contributed by atoms with Crippen molar-refractivity contribution >= 4 is 0 Å². The van der Waals surface area contributed by atoms with E-state index in [4.69, 9.17) is 14.2 Å². The Hall–Kier alpha value is -2.32. The van der Waals surface area contributed by atoms with E-state index in [0.29, 0.717) is 11.8 Å². The number of piperidine rings is 4. The van der Waals surface area contributed by atoms with E-state index in [1.165, 1.54) is 211 Å². The Bertz CT molecular complexity index is 1350. The van der Waals surface area contributed by atoms with E-state index in [-0.39, 0.29) is 0 Å². The van der Waals surface area contributed by atoms with Crippen LogP contribution in [-0.2, 0) is 19.3 Å². The molecule has 0 aromatic heterocycles. The van der Waals surface area contributed by atoms with Gasteiger partial charge in [-0.05, 0) is 247 Å². The summed E-state index contributed by atoms with van der Waals surface area (Å²) in [4.78, 5) is 10.6. The normalized spacial score (nSPS) is 19.6. The van der Waals surface area contributed by atoms with E-state index >= 15 is 0 Å². The lowest BCUT2D eigenvalue weighted by atomic mass is 9.85. The van der Waals surface area contributed by atoms with Crippen molar-refractivity contribution in [3.63, 3.8) is 0 Å². The van der Waals surface area contributed by atoms with Crippen LogP contribution >= 0.6 is 0 Å². The molecular formula is C55H92N4O3. The van der Waals surface area contributed by atoms with Crippen LogP contribution < -0.4 is 14.2 Å². The third-order valence-corrected chi connectivity index (χ3v) is 14.8. The van der Waals surface area contributed by atoms with Crippen molar-refractivity contribution in [2.75, 3.05) is 98.4 Å². The Morgan fingerprint density at radius 2 is 0.758 bits per heavy atom. The topological polar surface area (TPSA) is 40.7 Å².